The zero-order valence-electron chi connectivity index (χ0n) is 23.0. The molecule has 3 aliphatic rings. The standard InChI is InChI=1S/C37H36O/c1-21-13-23(3)36-31-20-26(27-10-12-35-30(19-27)29-7-5-6-8-34(29)38-35)9-11-32(31)37(33(36)16-21)24(4)17-25-14-22(2)15-28(37)18-25/h5-13,16,19-20,22,24-25,28H,14-15,17-18H2,1-4H3. The van der Waals surface area contributed by atoms with Crippen LogP contribution in [0.1, 0.15) is 61.8 Å². The van der Waals surface area contributed by atoms with E-state index in [-0.39, 0.29) is 5.41 Å². The van der Waals surface area contributed by atoms with Gasteiger partial charge in [-0.05, 0) is 126 Å². The van der Waals surface area contributed by atoms with E-state index in [4.69, 9.17) is 4.42 Å². The van der Waals surface area contributed by atoms with E-state index in [1.54, 1.807) is 11.1 Å². The van der Waals surface area contributed by atoms with Gasteiger partial charge in [-0.3, -0.25) is 0 Å². The van der Waals surface area contributed by atoms with Gasteiger partial charge >= 0.3 is 0 Å². The lowest BCUT2D eigenvalue weighted by molar-refractivity contribution is 0.0426. The van der Waals surface area contributed by atoms with E-state index in [9.17, 15) is 0 Å². The maximum absolute atomic E-state index is 6.12. The van der Waals surface area contributed by atoms with Gasteiger partial charge in [-0.15, -0.1) is 0 Å². The first-order valence-corrected chi connectivity index (χ1v) is 14.6. The second kappa shape index (κ2) is 7.85. The van der Waals surface area contributed by atoms with Crippen molar-refractivity contribution < 1.29 is 4.42 Å². The smallest absolute Gasteiger partial charge is 0.135 e. The summed E-state index contributed by atoms with van der Waals surface area (Å²) in [6.45, 7) is 9.70. The van der Waals surface area contributed by atoms with Gasteiger partial charge in [0.2, 0.25) is 0 Å². The van der Waals surface area contributed by atoms with Crippen molar-refractivity contribution in [3.8, 4) is 22.3 Å². The molecule has 2 saturated carbocycles. The molecule has 4 aromatic carbocycles. The van der Waals surface area contributed by atoms with Crippen molar-refractivity contribution in [1.82, 2.24) is 0 Å². The van der Waals surface area contributed by atoms with E-state index >= 15 is 0 Å². The Bertz CT molecular complexity index is 1750. The maximum Gasteiger partial charge on any atom is 0.135 e. The van der Waals surface area contributed by atoms with E-state index in [2.05, 4.69) is 94.4 Å². The minimum absolute atomic E-state index is 0.149. The summed E-state index contributed by atoms with van der Waals surface area (Å²) in [4.78, 5) is 0. The van der Waals surface area contributed by atoms with Crippen LogP contribution < -0.4 is 0 Å². The van der Waals surface area contributed by atoms with Gasteiger partial charge in [0, 0.05) is 16.2 Å². The molecule has 1 aromatic heterocycles. The van der Waals surface area contributed by atoms with Crippen LogP contribution in [-0.4, -0.2) is 0 Å². The van der Waals surface area contributed by atoms with Crippen molar-refractivity contribution in [3.63, 3.8) is 0 Å². The average molecular weight is 497 g/mol. The lowest BCUT2D eigenvalue weighted by Gasteiger charge is -2.54. The van der Waals surface area contributed by atoms with E-state index in [1.807, 2.05) is 6.07 Å². The Balaban J connectivity index is 1.35. The monoisotopic (exact) mass is 496 g/mol. The molecule has 1 heterocycles. The quantitative estimate of drug-likeness (QED) is 0.225. The van der Waals surface area contributed by atoms with Crippen LogP contribution in [0.4, 0.5) is 0 Å². The molecule has 5 unspecified atom stereocenters. The van der Waals surface area contributed by atoms with E-state index < -0.39 is 0 Å². The summed E-state index contributed by atoms with van der Waals surface area (Å²) < 4.78 is 6.12. The molecule has 0 aliphatic heterocycles. The summed E-state index contributed by atoms with van der Waals surface area (Å²) in [7, 11) is 0. The average Bonchev–Trinajstić information content (AvgIpc) is 3.40. The molecule has 190 valence electrons. The zero-order valence-corrected chi connectivity index (χ0v) is 23.0. The Kier molecular flexibility index (Phi) is 4.68. The van der Waals surface area contributed by atoms with Gasteiger partial charge in [0.1, 0.15) is 11.2 Å². The molecule has 3 aliphatic carbocycles. The number of furan rings is 1. The van der Waals surface area contributed by atoms with Crippen LogP contribution in [0.3, 0.4) is 0 Å². The molecule has 1 spiro atoms. The summed E-state index contributed by atoms with van der Waals surface area (Å²) >= 11 is 0. The summed E-state index contributed by atoms with van der Waals surface area (Å²) in [5.74, 6) is 3.14. The minimum atomic E-state index is 0.149. The van der Waals surface area contributed by atoms with Crippen LogP contribution >= 0.6 is 0 Å². The van der Waals surface area contributed by atoms with Gasteiger partial charge < -0.3 is 4.42 Å². The summed E-state index contributed by atoms with van der Waals surface area (Å²) in [6.07, 6.45) is 5.54. The number of para-hydroxylation sites is 1. The Hall–Kier alpha value is -3.32. The van der Waals surface area contributed by atoms with Crippen molar-refractivity contribution in [2.45, 2.75) is 58.8 Å². The molecule has 5 atom stereocenters. The molecule has 2 bridgehead atoms. The highest BCUT2D eigenvalue weighted by Gasteiger charge is 2.56. The highest BCUT2D eigenvalue weighted by molar-refractivity contribution is 6.06. The Labute approximate surface area is 225 Å². The first-order chi connectivity index (χ1) is 18.4. The van der Waals surface area contributed by atoms with Gasteiger partial charge in [0.15, 0.2) is 0 Å². The molecule has 8 rings (SSSR count). The molecule has 0 amide bonds. The predicted octanol–water partition coefficient (Wildman–Crippen LogP) is 10.2. The molecule has 1 nitrogen and oxygen atoms in total. The SMILES string of the molecule is Cc1cc(C)c2c(c1)C1(c3ccc(-c4ccc5oc6ccccc6c5c4)cc3-2)C(C)CC2CC(C)CC1C2. The van der Waals surface area contributed by atoms with Crippen molar-refractivity contribution >= 4 is 21.9 Å². The van der Waals surface area contributed by atoms with Crippen LogP contribution in [0.15, 0.2) is 77.2 Å². The molecule has 2 fully saturated rings. The molecular formula is C37H36O. The fourth-order valence-electron chi connectivity index (χ4n) is 9.36. The first-order valence-electron chi connectivity index (χ1n) is 14.6. The largest absolute Gasteiger partial charge is 0.456 e. The molecule has 5 aromatic rings. The third-order valence-corrected chi connectivity index (χ3v) is 10.5. The number of benzene rings is 4. The third kappa shape index (κ3) is 2.94. The number of fused-ring (bicyclic) bond motifs is 11. The third-order valence-electron chi connectivity index (χ3n) is 10.5. The summed E-state index contributed by atoms with van der Waals surface area (Å²) in [5, 5.41) is 2.39. The lowest BCUT2D eigenvalue weighted by atomic mass is 9.49. The molecule has 0 saturated heterocycles. The molecule has 1 heteroatoms. The van der Waals surface area contributed by atoms with Crippen LogP contribution in [0.5, 0.6) is 0 Å². The van der Waals surface area contributed by atoms with Crippen LogP contribution in [0, 0.1) is 37.5 Å². The van der Waals surface area contributed by atoms with Crippen molar-refractivity contribution in [2.24, 2.45) is 23.7 Å². The van der Waals surface area contributed by atoms with E-state index in [0.717, 1.165) is 28.9 Å². The number of hydrogen-bond acceptors (Lipinski definition) is 1. The Morgan fingerprint density at radius 2 is 1.50 bits per heavy atom. The first kappa shape index (κ1) is 22.6. The minimum Gasteiger partial charge on any atom is -0.456 e. The van der Waals surface area contributed by atoms with Gasteiger partial charge in [0.05, 0.1) is 0 Å². The van der Waals surface area contributed by atoms with E-state index in [0.29, 0.717) is 5.92 Å². The fraction of sp³-hybridized carbons (Fsp3) is 0.351. The van der Waals surface area contributed by atoms with Crippen molar-refractivity contribution in [3.05, 3.63) is 95.1 Å². The topological polar surface area (TPSA) is 13.1 Å². The van der Waals surface area contributed by atoms with Gasteiger partial charge in [-0.2, -0.15) is 0 Å². The van der Waals surface area contributed by atoms with Crippen LogP contribution in [-0.2, 0) is 5.41 Å². The van der Waals surface area contributed by atoms with Gasteiger partial charge in [-0.1, -0.05) is 67.9 Å². The van der Waals surface area contributed by atoms with Crippen LogP contribution in [0.2, 0.25) is 0 Å². The number of rotatable bonds is 1. The van der Waals surface area contributed by atoms with E-state index in [1.165, 1.54) is 69.8 Å². The Morgan fingerprint density at radius 1 is 0.711 bits per heavy atom. The zero-order chi connectivity index (χ0) is 25.8. The fourth-order valence-corrected chi connectivity index (χ4v) is 9.36. The summed E-state index contributed by atoms with van der Waals surface area (Å²) in [5.41, 5.74) is 13.7. The van der Waals surface area contributed by atoms with Gasteiger partial charge in [-0.25, -0.2) is 0 Å². The molecule has 0 N–H and O–H groups in total. The maximum atomic E-state index is 6.12. The Morgan fingerprint density at radius 3 is 2.39 bits per heavy atom. The summed E-state index contributed by atoms with van der Waals surface area (Å²) in [6, 6.07) is 27.5. The van der Waals surface area contributed by atoms with Crippen molar-refractivity contribution in [2.75, 3.05) is 0 Å². The highest BCUT2D eigenvalue weighted by Crippen LogP contribution is 2.65. The normalized spacial score (nSPS) is 27.7. The molecular weight excluding hydrogens is 460 g/mol. The number of aryl methyl sites for hydroxylation is 2. The van der Waals surface area contributed by atoms with Crippen molar-refractivity contribution in [1.29, 1.82) is 0 Å². The predicted molar refractivity (Wildman–Crippen MR) is 159 cm³/mol. The lowest BCUT2D eigenvalue weighted by Crippen LogP contribution is -2.49. The number of hydrogen-bond donors (Lipinski definition) is 0. The highest BCUT2D eigenvalue weighted by atomic mass is 16.3. The van der Waals surface area contributed by atoms with Gasteiger partial charge in [0.25, 0.3) is 0 Å². The second-order valence-corrected chi connectivity index (χ2v) is 13.0. The second-order valence-electron chi connectivity index (χ2n) is 13.0. The van der Waals surface area contributed by atoms with Crippen LogP contribution in [0.25, 0.3) is 44.2 Å². The molecule has 38 heavy (non-hydrogen) atoms. The molecule has 0 radical (unpaired) electrons.